The Hall–Kier alpha value is -4.08. The summed E-state index contributed by atoms with van der Waals surface area (Å²) in [5, 5.41) is 4.67. The fraction of sp³-hybridized carbons (Fsp3) is 0.111. The third-order valence-electron chi connectivity index (χ3n) is 3.34. The Morgan fingerprint density at radius 3 is 1.25 bits per heavy atom. The number of hydrogen-bond acceptors (Lipinski definition) is 6. The van der Waals surface area contributed by atoms with E-state index in [0.29, 0.717) is 11.4 Å². The van der Waals surface area contributed by atoms with Crippen LogP contribution in [0.2, 0.25) is 0 Å². The minimum atomic E-state index is -1.93. The van der Waals surface area contributed by atoms with Gasteiger partial charge in [-0.3, -0.25) is 20.2 Å². The zero-order valence-electron chi connectivity index (χ0n) is 14.5. The van der Waals surface area contributed by atoms with Crippen molar-refractivity contribution in [3.63, 3.8) is 0 Å². The van der Waals surface area contributed by atoms with Crippen LogP contribution in [0, 0.1) is 0 Å². The maximum absolute atomic E-state index is 12.0. The van der Waals surface area contributed by atoms with Crippen molar-refractivity contribution in [1.29, 1.82) is 0 Å². The minimum Gasteiger partial charge on any atom is -0.431 e. The van der Waals surface area contributed by atoms with E-state index in [4.69, 9.17) is 20.9 Å². The molecule has 0 saturated carbocycles. The third kappa shape index (κ3) is 6.02. The SMILES string of the molecule is NC(=O)C(OC(=O)Nc1ccccc1)C(OC(=O)Nc1ccccc1)C(N)=O. The normalized spacial score (nSPS) is 12.1. The summed E-state index contributed by atoms with van der Waals surface area (Å²) < 4.78 is 9.72. The molecule has 6 N–H and O–H groups in total. The number of nitrogens with one attached hydrogen (secondary N) is 2. The average Bonchev–Trinajstić information content (AvgIpc) is 2.65. The van der Waals surface area contributed by atoms with Crippen molar-refractivity contribution in [3.8, 4) is 0 Å². The molecule has 2 aromatic rings. The Labute approximate surface area is 159 Å². The van der Waals surface area contributed by atoms with E-state index in [1.165, 1.54) is 0 Å². The molecule has 146 valence electrons. The molecule has 10 nitrogen and oxygen atoms in total. The van der Waals surface area contributed by atoms with E-state index in [1.54, 1.807) is 60.7 Å². The molecule has 0 aliphatic heterocycles. The number of carbonyl (C=O) groups is 4. The van der Waals surface area contributed by atoms with Gasteiger partial charge in [0, 0.05) is 11.4 Å². The number of anilines is 2. The zero-order valence-corrected chi connectivity index (χ0v) is 14.5. The second-order valence-corrected chi connectivity index (χ2v) is 5.44. The molecule has 0 saturated heterocycles. The fourth-order valence-corrected chi connectivity index (χ4v) is 2.11. The van der Waals surface area contributed by atoms with Crippen molar-refractivity contribution in [2.75, 3.05) is 10.6 Å². The van der Waals surface area contributed by atoms with Gasteiger partial charge in [-0.1, -0.05) is 36.4 Å². The first kappa shape index (κ1) is 20.2. The standard InChI is InChI=1S/C18H18N4O6/c19-15(23)13(27-17(25)21-11-7-3-1-4-8-11)14(16(20)24)28-18(26)22-12-9-5-2-6-10-12/h1-10,13-14H,(H2,19,23)(H2,20,24)(H,21,25)(H,22,26). The lowest BCUT2D eigenvalue weighted by molar-refractivity contribution is -0.142. The predicted molar refractivity (Wildman–Crippen MR) is 99.1 cm³/mol. The maximum atomic E-state index is 12.0. The van der Waals surface area contributed by atoms with Crippen LogP contribution in [0.25, 0.3) is 0 Å². The van der Waals surface area contributed by atoms with Gasteiger partial charge in [-0.25, -0.2) is 9.59 Å². The molecule has 2 unspecified atom stereocenters. The minimum absolute atomic E-state index is 0.370. The molecule has 0 heterocycles. The van der Waals surface area contributed by atoms with Gasteiger partial charge in [0.05, 0.1) is 0 Å². The summed E-state index contributed by atoms with van der Waals surface area (Å²) in [6, 6.07) is 16.3. The molecule has 0 aliphatic rings. The van der Waals surface area contributed by atoms with Crippen molar-refractivity contribution in [2.24, 2.45) is 11.5 Å². The Bertz CT molecular complexity index is 772. The number of carbonyl (C=O) groups excluding carboxylic acids is 4. The number of para-hydroxylation sites is 2. The quantitative estimate of drug-likeness (QED) is 0.558. The third-order valence-corrected chi connectivity index (χ3v) is 3.34. The van der Waals surface area contributed by atoms with Crippen molar-refractivity contribution in [1.82, 2.24) is 0 Å². The van der Waals surface area contributed by atoms with Crippen LogP contribution in [0.15, 0.2) is 60.7 Å². The lowest BCUT2D eigenvalue weighted by Gasteiger charge is -2.22. The van der Waals surface area contributed by atoms with Crippen molar-refractivity contribution in [3.05, 3.63) is 60.7 Å². The summed E-state index contributed by atoms with van der Waals surface area (Å²) in [5.41, 5.74) is 11.1. The Kier molecular flexibility index (Phi) is 6.92. The molecule has 2 rings (SSSR count). The number of primary amides is 2. The lowest BCUT2D eigenvalue weighted by Crippen LogP contribution is -2.51. The van der Waals surface area contributed by atoms with Gasteiger partial charge in [0.15, 0.2) is 0 Å². The molecule has 0 bridgehead atoms. The highest BCUT2D eigenvalue weighted by atomic mass is 16.6. The molecule has 2 atom stereocenters. The van der Waals surface area contributed by atoms with Crippen molar-refractivity contribution >= 4 is 35.4 Å². The summed E-state index contributed by atoms with van der Waals surface area (Å²) in [7, 11) is 0. The summed E-state index contributed by atoms with van der Waals surface area (Å²) in [4.78, 5) is 47.3. The van der Waals surface area contributed by atoms with Gasteiger partial charge in [-0.05, 0) is 24.3 Å². The van der Waals surface area contributed by atoms with Gasteiger partial charge in [-0.2, -0.15) is 0 Å². The van der Waals surface area contributed by atoms with Crippen LogP contribution in [-0.2, 0) is 19.1 Å². The largest absolute Gasteiger partial charge is 0.431 e. The fourth-order valence-electron chi connectivity index (χ4n) is 2.11. The molecular formula is C18H18N4O6. The highest BCUT2D eigenvalue weighted by Gasteiger charge is 2.38. The first-order chi connectivity index (χ1) is 13.4. The first-order valence-corrected chi connectivity index (χ1v) is 8.01. The number of hydrogen-bond donors (Lipinski definition) is 4. The van der Waals surface area contributed by atoms with Crippen molar-refractivity contribution in [2.45, 2.75) is 12.2 Å². The number of amides is 4. The number of benzene rings is 2. The van der Waals surface area contributed by atoms with E-state index in [9.17, 15) is 19.2 Å². The smallest absolute Gasteiger partial charge is 0.412 e. The van der Waals surface area contributed by atoms with Crippen LogP contribution in [0.1, 0.15) is 0 Å². The molecule has 4 amide bonds. The van der Waals surface area contributed by atoms with Crippen LogP contribution < -0.4 is 22.1 Å². The molecular weight excluding hydrogens is 368 g/mol. The summed E-state index contributed by atoms with van der Waals surface area (Å²) in [6.45, 7) is 0. The topological polar surface area (TPSA) is 163 Å². The Morgan fingerprint density at radius 2 is 0.964 bits per heavy atom. The summed E-state index contributed by atoms with van der Waals surface area (Å²) in [5.74, 6) is -2.45. The maximum Gasteiger partial charge on any atom is 0.412 e. The van der Waals surface area contributed by atoms with E-state index in [-0.39, 0.29) is 0 Å². The van der Waals surface area contributed by atoms with Gasteiger partial charge in [-0.15, -0.1) is 0 Å². The Morgan fingerprint density at radius 1 is 0.643 bits per heavy atom. The van der Waals surface area contributed by atoms with Crippen LogP contribution in [0.5, 0.6) is 0 Å². The van der Waals surface area contributed by atoms with Gasteiger partial charge >= 0.3 is 12.2 Å². The van der Waals surface area contributed by atoms with E-state index in [1.807, 2.05) is 0 Å². The van der Waals surface area contributed by atoms with Gasteiger partial charge in [0.2, 0.25) is 12.2 Å². The first-order valence-electron chi connectivity index (χ1n) is 8.01. The van der Waals surface area contributed by atoms with Crippen LogP contribution >= 0.6 is 0 Å². The van der Waals surface area contributed by atoms with Gasteiger partial charge in [0.25, 0.3) is 11.8 Å². The van der Waals surface area contributed by atoms with Gasteiger partial charge < -0.3 is 20.9 Å². The number of nitrogens with two attached hydrogens (primary N) is 2. The summed E-state index contributed by atoms with van der Waals surface area (Å²) >= 11 is 0. The second kappa shape index (κ2) is 9.57. The molecule has 2 aromatic carbocycles. The predicted octanol–water partition coefficient (Wildman–Crippen LogP) is 1.19. The van der Waals surface area contributed by atoms with Crippen LogP contribution in [-0.4, -0.2) is 36.2 Å². The molecule has 0 spiro atoms. The van der Waals surface area contributed by atoms with E-state index in [2.05, 4.69) is 10.6 Å². The molecule has 0 radical (unpaired) electrons. The van der Waals surface area contributed by atoms with Gasteiger partial charge in [0.1, 0.15) is 0 Å². The molecule has 10 heteroatoms. The number of rotatable bonds is 7. The molecule has 0 aliphatic carbocycles. The zero-order chi connectivity index (χ0) is 20.5. The lowest BCUT2D eigenvalue weighted by atomic mass is 10.2. The van der Waals surface area contributed by atoms with E-state index < -0.39 is 36.2 Å². The highest BCUT2D eigenvalue weighted by Crippen LogP contribution is 2.11. The monoisotopic (exact) mass is 386 g/mol. The van der Waals surface area contributed by atoms with E-state index >= 15 is 0 Å². The van der Waals surface area contributed by atoms with Crippen LogP contribution in [0.4, 0.5) is 21.0 Å². The van der Waals surface area contributed by atoms with Crippen LogP contribution in [0.3, 0.4) is 0 Å². The number of ether oxygens (including phenoxy) is 2. The molecule has 0 fully saturated rings. The second-order valence-electron chi connectivity index (χ2n) is 5.44. The van der Waals surface area contributed by atoms with E-state index in [0.717, 1.165) is 0 Å². The summed E-state index contributed by atoms with van der Waals surface area (Å²) in [6.07, 6.45) is -6.04. The molecule has 0 aromatic heterocycles. The highest BCUT2D eigenvalue weighted by molar-refractivity contribution is 5.95. The average molecular weight is 386 g/mol. The molecule has 28 heavy (non-hydrogen) atoms. The van der Waals surface area contributed by atoms with Crippen molar-refractivity contribution < 1.29 is 28.7 Å². The Balaban J connectivity index is 2.06.